The Kier molecular flexibility index (Phi) is 6.37. The maximum atomic E-state index is 11.6. The maximum absolute atomic E-state index is 11.6. The van der Waals surface area contributed by atoms with Gasteiger partial charge < -0.3 is 15.4 Å². The van der Waals surface area contributed by atoms with E-state index in [0.29, 0.717) is 12.6 Å². The molecule has 1 atom stereocenters. The highest BCUT2D eigenvalue weighted by atomic mass is 16.5. The van der Waals surface area contributed by atoms with Gasteiger partial charge in [-0.25, -0.2) is 0 Å². The molecule has 1 aliphatic carbocycles. The van der Waals surface area contributed by atoms with Gasteiger partial charge in [0.1, 0.15) is 0 Å². The number of hydrogen-bond acceptors (Lipinski definition) is 3. The molecular formula is C15H26N2O2. The second kappa shape index (κ2) is 8.33. The lowest BCUT2D eigenvalue weighted by Crippen LogP contribution is -2.37. The van der Waals surface area contributed by atoms with Crippen LogP contribution in [0.5, 0.6) is 0 Å². The van der Waals surface area contributed by atoms with E-state index in [0.717, 1.165) is 39.0 Å². The lowest BCUT2D eigenvalue weighted by molar-refractivity contribution is -0.120. The van der Waals surface area contributed by atoms with Crippen LogP contribution in [-0.2, 0) is 9.53 Å². The van der Waals surface area contributed by atoms with Crippen LogP contribution in [0.25, 0.3) is 0 Å². The van der Waals surface area contributed by atoms with E-state index in [2.05, 4.69) is 16.7 Å². The standard InChI is InChI=1S/C15H26N2O2/c18-15(12-16-11-14-7-4-10-19-14)17-9-8-13-5-2-1-3-6-13/h5,14,16H,1-4,6-12H2,(H,17,18)/t14-/m0/s1. The monoisotopic (exact) mass is 266 g/mol. The third kappa shape index (κ3) is 5.74. The lowest BCUT2D eigenvalue weighted by Gasteiger charge is -2.13. The Morgan fingerprint density at radius 2 is 2.32 bits per heavy atom. The molecule has 0 saturated carbocycles. The summed E-state index contributed by atoms with van der Waals surface area (Å²) in [6.07, 6.45) is 11.0. The highest BCUT2D eigenvalue weighted by Crippen LogP contribution is 2.19. The number of nitrogens with one attached hydrogen (secondary N) is 2. The summed E-state index contributed by atoms with van der Waals surface area (Å²) >= 11 is 0. The van der Waals surface area contributed by atoms with Crippen LogP contribution in [0.4, 0.5) is 0 Å². The summed E-state index contributed by atoms with van der Waals surface area (Å²) in [5.41, 5.74) is 1.51. The van der Waals surface area contributed by atoms with Crippen molar-refractivity contribution >= 4 is 5.91 Å². The molecule has 2 rings (SSSR count). The van der Waals surface area contributed by atoms with Gasteiger partial charge >= 0.3 is 0 Å². The van der Waals surface area contributed by atoms with Crippen LogP contribution in [0.3, 0.4) is 0 Å². The average Bonchev–Trinajstić information content (AvgIpc) is 2.93. The number of hydrogen-bond donors (Lipinski definition) is 2. The number of amides is 1. The minimum atomic E-state index is 0.0920. The van der Waals surface area contributed by atoms with Crippen molar-refractivity contribution in [1.82, 2.24) is 10.6 Å². The summed E-state index contributed by atoms with van der Waals surface area (Å²) in [6.45, 7) is 2.83. The molecule has 0 bridgehead atoms. The summed E-state index contributed by atoms with van der Waals surface area (Å²) in [7, 11) is 0. The van der Waals surface area contributed by atoms with Crippen LogP contribution >= 0.6 is 0 Å². The first-order chi connectivity index (χ1) is 9.34. The largest absolute Gasteiger partial charge is 0.377 e. The Labute approximate surface area is 116 Å². The van der Waals surface area contributed by atoms with Crippen LogP contribution in [-0.4, -0.2) is 38.3 Å². The van der Waals surface area contributed by atoms with Gasteiger partial charge in [0.2, 0.25) is 5.91 Å². The molecule has 19 heavy (non-hydrogen) atoms. The van der Waals surface area contributed by atoms with E-state index in [4.69, 9.17) is 4.74 Å². The van der Waals surface area contributed by atoms with Gasteiger partial charge in [0.05, 0.1) is 12.6 Å². The van der Waals surface area contributed by atoms with Crippen molar-refractivity contribution in [3.63, 3.8) is 0 Å². The zero-order chi connectivity index (χ0) is 13.3. The van der Waals surface area contributed by atoms with Crippen molar-refractivity contribution in [2.45, 2.75) is 51.0 Å². The molecule has 0 aromatic rings. The Bertz CT molecular complexity index is 309. The van der Waals surface area contributed by atoms with E-state index in [1.165, 1.54) is 31.3 Å². The van der Waals surface area contributed by atoms with Crippen molar-refractivity contribution in [3.05, 3.63) is 11.6 Å². The molecule has 0 spiro atoms. The van der Waals surface area contributed by atoms with Gasteiger partial charge in [-0.1, -0.05) is 11.6 Å². The van der Waals surface area contributed by atoms with Crippen LogP contribution in [0.1, 0.15) is 44.9 Å². The molecule has 4 heteroatoms. The zero-order valence-corrected chi connectivity index (χ0v) is 11.7. The van der Waals surface area contributed by atoms with E-state index in [1.54, 1.807) is 0 Å². The zero-order valence-electron chi connectivity index (χ0n) is 11.7. The molecular weight excluding hydrogens is 240 g/mol. The fraction of sp³-hybridized carbons (Fsp3) is 0.800. The fourth-order valence-corrected chi connectivity index (χ4v) is 2.71. The van der Waals surface area contributed by atoms with Crippen molar-refractivity contribution in [2.24, 2.45) is 0 Å². The van der Waals surface area contributed by atoms with Crippen molar-refractivity contribution in [3.8, 4) is 0 Å². The molecule has 2 aliphatic rings. The smallest absolute Gasteiger partial charge is 0.233 e. The Morgan fingerprint density at radius 1 is 1.37 bits per heavy atom. The summed E-state index contributed by atoms with van der Waals surface area (Å²) in [5.74, 6) is 0.0920. The molecule has 1 saturated heterocycles. The molecule has 1 fully saturated rings. The first-order valence-electron chi connectivity index (χ1n) is 7.61. The SMILES string of the molecule is O=C(CNC[C@@H]1CCCO1)NCCC1=CCCCC1. The Balaban J connectivity index is 1.48. The van der Waals surface area contributed by atoms with Gasteiger partial charge in [0, 0.05) is 19.7 Å². The third-order valence-electron chi connectivity index (χ3n) is 3.83. The summed E-state index contributed by atoms with van der Waals surface area (Å²) in [5, 5.41) is 6.14. The summed E-state index contributed by atoms with van der Waals surface area (Å²) < 4.78 is 5.49. The summed E-state index contributed by atoms with van der Waals surface area (Å²) in [4.78, 5) is 11.6. The third-order valence-corrected chi connectivity index (χ3v) is 3.83. The van der Waals surface area contributed by atoms with Crippen molar-refractivity contribution < 1.29 is 9.53 Å². The Hall–Kier alpha value is -0.870. The van der Waals surface area contributed by atoms with Gasteiger partial charge in [-0.05, 0) is 44.9 Å². The van der Waals surface area contributed by atoms with Gasteiger partial charge in [-0.15, -0.1) is 0 Å². The van der Waals surface area contributed by atoms with Crippen molar-refractivity contribution in [1.29, 1.82) is 0 Å². The highest BCUT2D eigenvalue weighted by Gasteiger charge is 2.14. The summed E-state index contributed by atoms with van der Waals surface area (Å²) in [6, 6.07) is 0. The molecule has 1 amide bonds. The predicted octanol–water partition coefficient (Wildman–Crippen LogP) is 1.76. The van der Waals surface area contributed by atoms with E-state index >= 15 is 0 Å². The molecule has 4 nitrogen and oxygen atoms in total. The molecule has 0 aromatic carbocycles. The number of rotatable bonds is 7. The minimum Gasteiger partial charge on any atom is -0.377 e. The first kappa shape index (κ1) is 14.5. The quantitative estimate of drug-likeness (QED) is 0.690. The van der Waals surface area contributed by atoms with Crippen LogP contribution in [0.2, 0.25) is 0 Å². The first-order valence-corrected chi connectivity index (χ1v) is 7.61. The van der Waals surface area contributed by atoms with E-state index in [-0.39, 0.29) is 5.91 Å². The van der Waals surface area contributed by atoms with Gasteiger partial charge in [-0.2, -0.15) is 0 Å². The molecule has 108 valence electrons. The number of ether oxygens (including phenoxy) is 1. The molecule has 0 unspecified atom stereocenters. The molecule has 2 N–H and O–H groups in total. The molecule has 1 heterocycles. The van der Waals surface area contributed by atoms with Crippen molar-refractivity contribution in [2.75, 3.05) is 26.2 Å². The minimum absolute atomic E-state index is 0.0920. The normalized spacial score (nSPS) is 23.2. The molecule has 1 aliphatic heterocycles. The van der Waals surface area contributed by atoms with Gasteiger partial charge in [-0.3, -0.25) is 4.79 Å². The second-order valence-corrected chi connectivity index (χ2v) is 5.47. The predicted molar refractivity (Wildman–Crippen MR) is 76.0 cm³/mol. The van der Waals surface area contributed by atoms with Crippen LogP contribution in [0.15, 0.2) is 11.6 Å². The topological polar surface area (TPSA) is 50.4 Å². The average molecular weight is 266 g/mol. The Morgan fingerprint density at radius 3 is 3.05 bits per heavy atom. The fourth-order valence-electron chi connectivity index (χ4n) is 2.71. The maximum Gasteiger partial charge on any atom is 0.233 e. The molecule has 0 radical (unpaired) electrons. The van der Waals surface area contributed by atoms with Gasteiger partial charge in [0.25, 0.3) is 0 Å². The highest BCUT2D eigenvalue weighted by molar-refractivity contribution is 5.77. The number of carbonyl (C=O) groups is 1. The number of carbonyl (C=O) groups excluding carboxylic acids is 1. The van der Waals surface area contributed by atoms with E-state index in [1.807, 2.05) is 0 Å². The van der Waals surface area contributed by atoms with Gasteiger partial charge in [0.15, 0.2) is 0 Å². The van der Waals surface area contributed by atoms with Crippen LogP contribution < -0.4 is 10.6 Å². The van der Waals surface area contributed by atoms with Crippen LogP contribution in [0, 0.1) is 0 Å². The second-order valence-electron chi connectivity index (χ2n) is 5.47. The number of allylic oxidation sites excluding steroid dienone is 1. The lowest BCUT2D eigenvalue weighted by atomic mass is 9.97. The van der Waals surface area contributed by atoms with E-state index in [9.17, 15) is 4.79 Å². The molecule has 0 aromatic heterocycles. The van der Waals surface area contributed by atoms with E-state index < -0.39 is 0 Å².